The van der Waals surface area contributed by atoms with Crippen molar-refractivity contribution in [3.63, 3.8) is 0 Å². The third-order valence-corrected chi connectivity index (χ3v) is 4.89. The smallest absolute Gasteiger partial charge is 0.265 e. The van der Waals surface area contributed by atoms with Crippen molar-refractivity contribution < 1.29 is 24.5 Å². The van der Waals surface area contributed by atoms with Crippen LogP contribution in [0, 0.1) is 5.92 Å². The predicted octanol–water partition coefficient (Wildman–Crippen LogP) is 0.889. The summed E-state index contributed by atoms with van der Waals surface area (Å²) in [7, 11) is 0. The molecule has 3 N–H and O–H groups in total. The third kappa shape index (κ3) is 2.47. The third-order valence-electron chi connectivity index (χ3n) is 4.89. The maximum absolute atomic E-state index is 12.7. The van der Waals surface area contributed by atoms with Crippen molar-refractivity contribution in [1.29, 1.82) is 0 Å². The molecule has 6 heteroatoms. The number of ketones is 1. The van der Waals surface area contributed by atoms with Gasteiger partial charge in [0.25, 0.3) is 5.91 Å². The Morgan fingerprint density at radius 1 is 1.41 bits per heavy atom. The molecule has 2 aliphatic heterocycles. The number of ether oxygens (including phenoxy) is 1. The number of carbonyl (C=O) groups is 2. The van der Waals surface area contributed by atoms with Gasteiger partial charge in [0.05, 0.1) is 0 Å². The molecule has 2 fully saturated rings. The second kappa shape index (κ2) is 5.58. The minimum Gasteiger partial charge on any atom is -0.382 e. The highest BCUT2D eigenvalue weighted by atomic mass is 16.6. The standard InChI is InChI=1S/C16H27NO5/c1-5-6-7-8-9-14(4,20)11(18)15-12(22-15)16(21,10(2)3)17-13(15)19/h10,12,20-21H,5-9H2,1-4H3,(H,17,19)/t12-,14-,15+,16+/m0/s1. The quantitative estimate of drug-likeness (QED) is 0.351. The molecule has 4 atom stereocenters. The molecule has 0 aromatic heterocycles. The number of carbonyl (C=O) groups excluding carboxylic acids is 2. The lowest BCUT2D eigenvalue weighted by atomic mass is 9.82. The Morgan fingerprint density at radius 2 is 2.05 bits per heavy atom. The van der Waals surface area contributed by atoms with E-state index in [2.05, 4.69) is 12.2 Å². The number of unbranched alkanes of at least 4 members (excludes halogenated alkanes) is 3. The molecule has 2 rings (SSSR count). The van der Waals surface area contributed by atoms with Crippen molar-refractivity contribution in [3.05, 3.63) is 0 Å². The summed E-state index contributed by atoms with van der Waals surface area (Å²) in [4.78, 5) is 24.9. The van der Waals surface area contributed by atoms with E-state index in [4.69, 9.17) is 4.74 Å². The van der Waals surface area contributed by atoms with Crippen LogP contribution < -0.4 is 5.32 Å². The Morgan fingerprint density at radius 3 is 2.50 bits per heavy atom. The molecule has 0 aromatic rings. The maximum atomic E-state index is 12.7. The van der Waals surface area contributed by atoms with E-state index in [0.29, 0.717) is 6.42 Å². The van der Waals surface area contributed by atoms with Gasteiger partial charge in [-0.15, -0.1) is 0 Å². The lowest BCUT2D eigenvalue weighted by molar-refractivity contribution is -0.150. The number of nitrogens with one attached hydrogen (secondary N) is 1. The monoisotopic (exact) mass is 313 g/mol. The van der Waals surface area contributed by atoms with E-state index >= 15 is 0 Å². The van der Waals surface area contributed by atoms with Gasteiger partial charge in [-0.25, -0.2) is 0 Å². The van der Waals surface area contributed by atoms with Crippen molar-refractivity contribution in [2.24, 2.45) is 5.92 Å². The number of hydrogen-bond donors (Lipinski definition) is 3. The molecule has 2 saturated heterocycles. The van der Waals surface area contributed by atoms with Crippen LogP contribution in [0.15, 0.2) is 0 Å². The van der Waals surface area contributed by atoms with Gasteiger partial charge in [0, 0.05) is 5.92 Å². The van der Waals surface area contributed by atoms with Crippen LogP contribution in [0.2, 0.25) is 0 Å². The van der Waals surface area contributed by atoms with Crippen molar-refractivity contribution in [3.8, 4) is 0 Å². The Balaban J connectivity index is 2.09. The van der Waals surface area contributed by atoms with E-state index in [-0.39, 0.29) is 12.3 Å². The average molecular weight is 313 g/mol. The molecular formula is C16H27NO5. The van der Waals surface area contributed by atoms with Crippen LogP contribution in [0.1, 0.15) is 59.8 Å². The Labute approximate surface area is 131 Å². The summed E-state index contributed by atoms with van der Waals surface area (Å²) >= 11 is 0. The fourth-order valence-corrected chi connectivity index (χ4v) is 3.20. The summed E-state index contributed by atoms with van der Waals surface area (Å²) in [6.45, 7) is 6.99. The van der Waals surface area contributed by atoms with E-state index in [1.54, 1.807) is 13.8 Å². The zero-order chi connectivity index (χ0) is 16.8. The number of amides is 1. The van der Waals surface area contributed by atoms with Crippen molar-refractivity contribution in [2.45, 2.75) is 82.8 Å². The molecule has 0 radical (unpaired) electrons. The van der Waals surface area contributed by atoms with E-state index in [0.717, 1.165) is 19.3 Å². The highest BCUT2D eigenvalue weighted by Crippen LogP contribution is 2.52. The predicted molar refractivity (Wildman–Crippen MR) is 79.9 cm³/mol. The first kappa shape index (κ1) is 17.4. The fraction of sp³-hybridized carbons (Fsp3) is 0.875. The lowest BCUT2D eigenvalue weighted by Gasteiger charge is -2.27. The van der Waals surface area contributed by atoms with Crippen LogP contribution in [0.4, 0.5) is 0 Å². The molecular weight excluding hydrogens is 286 g/mol. The van der Waals surface area contributed by atoms with Crippen LogP contribution in [0.3, 0.4) is 0 Å². The molecule has 1 amide bonds. The molecule has 0 saturated carbocycles. The van der Waals surface area contributed by atoms with Gasteiger partial charge in [0.2, 0.25) is 11.4 Å². The van der Waals surface area contributed by atoms with Crippen molar-refractivity contribution in [2.75, 3.05) is 0 Å². The number of morpholine rings is 1. The molecule has 0 aromatic carbocycles. The van der Waals surface area contributed by atoms with Gasteiger partial charge in [0.1, 0.15) is 5.60 Å². The SMILES string of the molecule is CCCCCC[C@](C)(O)C(=O)[C@@]12O[C@@H]1[C@](O)(C(C)C)NC2=O. The minimum absolute atomic E-state index is 0.289. The van der Waals surface area contributed by atoms with E-state index in [1.165, 1.54) is 6.92 Å². The van der Waals surface area contributed by atoms with Gasteiger partial charge in [-0.3, -0.25) is 9.59 Å². The second-order valence-corrected chi connectivity index (χ2v) is 7.08. The van der Waals surface area contributed by atoms with Crippen LogP contribution in [0.5, 0.6) is 0 Å². The van der Waals surface area contributed by atoms with Crippen molar-refractivity contribution in [1.82, 2.24) is 5.32 Å². The molecule has 0 unspecified atom stereocenters. The summed E-state index contributed by atoms with van der Waals surface area (Å²) < 4.78 is 5.33. The maximum Gasteiger partial charge on any atom is 0.265 e. The Kier molecular flexibility index (Phi) is 4.41. The molecule has 0 spiro atoms. The van der Waals surface area contributed by atoms with E-state index in [1.807, 2.05) is 0 Å². The molecule has 0 aliphatic carbocycles. The summed E-state index contributed by atoms with van der Waals surface area (Å²) in [5.74, 6) is -1.59. The second-order valence-electron chi connectivity index (χ2n) is 7.08. The van der Waals surface area contributed by atoms with Gasteiger partial charge in [-0.1, -0.05) is 46.5 Å². The van der Waals surface area contributed by atoms with Gasteiger partial charge in [0.15, 0.2) is 11.8 Å². The Bertz CT molecular complexity index is 475. The van der Waals surface area contributed by atoms with Crippen molar-refractivity contribution >= 4 is 11.7 Å². The first-order valence-corrected chi connectivity index (χ1v) is 8.13. The number of rotatable bonds is 8. The molecule has 2 aliphatic rings. The highest BCUT2D eigenvalue weighted by molar-refractivity contribution is 6.18. The van der Waals surface area contributed by atoms with Gasteiger partial charge in [-0.2, -0.15) is 0 Å². The minimum atomic E-state index is -1.72. The zero-order valence-corrected chi connectivity index (χ0v) is 13.8. The largest absolute Gasteiger partial charge is 0.382 e. The van der Waals surface area contributed by atoms with E-state index < -0.39 is 34.7 Å². The summed E-state index contributed by atoms with van der Waals surface area (Å²) in [6.07, 6.45) is 3.12. The normalized spacial score (nSPS) is 36.0. The highest BCUT2D eigenvalue weighted by Gasteiger charge is 2.82. The van der Waals surface area contributed by atoms with Gasteiger partial charge < -0.3 is 20.3 Å². The first-order chi connectivity index (χ1) is 10.1. The van der Waals surface area contributed by atoms with Crippen LogP contribution in [0.25, 0.3) is 0 Å². The summed E-state index contributed by atoms with van der Waals surface area (Å²) in [6, 6.07) is 0. The van der Waals surface area contributed by atoms with E-state index in [9.17, 15) is 19.8 Å². The number of aliphatic hydroxyl groups is 2. The molecule has 2 heterocycles. The molecule has 6 nitrogen and oxygen atoms in total. The number of Topliss-reactive ketones (excluding diaryl/α,β-unsaturated/α-hetero) is 1. The number of fused-ring (bicyclic) bond motifs is 1. The van der Waals surface area contributed by atoms with Crippen LogP contribution in [-0.4, -0.2) is 44.9 Å². The Hall–Kier alpha value is -0.980. The fourth-order valence-electron chi connectivity index (χ4n) is 3.20. The number of hydrogen-bond acceptors (Lipinski definition) is 5. The lowest BCUT2D eigenvalue weighted by Crippen LogP contribution is -2.52. The zero-order valence-electron chi connectivity index (χ0n) is 13.8. The summed E-state index contributed by atoms with van der Waals surface area (Å²) in [5.41, 5.74) is -4.89. The van der Waals surface area contributed by atoms with Gasteiger partial charge >= 0.3 is 0 Å². The number of epoxide rings is 1. The van der Waals surface area contributed by atoms with Crippen LogP contribution >= 0.6 is 0 Å². The molecule has 22 heavy (non-hydrogen) atoms. The van der Waals surface area contributed by atoms with Crippen LogP contribution in [-0.2, 0) is 14.3 Å². The average Bonchev–Trinajstić information content (AvgIpc) is 3.15. The van der Waals surface area contributed by atoms with Gasteiger partial charge in [-0.05, 0) is 13.3 Å². The molecule has 0 bridgehead atoms. The summed E-state index contributed by atoms with van der Waals surface area (Å²) in [5, 5.41) is 23.4. The first-order valence-electron chi connectivity index (χ1n) is 8.13. The topological polar surface area (TPSA) is 99.2 Å². The molecule has 126 valence electrons.